The van der Waals surface area contributed by atoms with Gasteiger partial charge in [-0.3, -0.25) is 4.79 Å². The van der Waals surface area contributed by atoms with E-state index in [-0.39, 0.29) is 29.7 Å². The highest BCUT2D eigenvalue weighted by Gasteiger charge is 2.18. The first-order chi connectivity index (χ1) is 17.7. The second-order valence-corrected chi connectivity index (χ2v) is 10.9. The molecule has 0 aliphatic carbocycles. The van der Waals surface area contributed by atoms with Crippen molar-refractivity contribution in [3.8, 4) is 5.88 Å². The lowest BCUT2D eigenvalue weighted by atomic mass is 10.0. The summed E-state index contributed by atoms with van der Waals surface area (Å²) < 4.78 is 43.2. The minimum absolute atomic E-state index is 0.0114. The molecule has 0 bridgehead atoms. The van der Waals surface area contributed by atoms with Crippen LogP contribution in [0, 0.1) is 12.7 Å². The fourth-order valence-corrected chi connectivity index (χ4v) is 4.77. The molecule has 4 aromatic rings. The molecule has 0 radical (unpaired) electrons. The first-order valence-corrected chi connectivity index (χ1v) is 13.4. The molecule has 7 nitrogen and oxygen atoms in total. The van der Waals surface area contributed by atoms with Crippen molar-refractivity contribution in [3.05, 3.63) is 101 Å². The van der Waals surface area contributed by atoms with Gasteiger partial charge in [-0.2, -0.15) is 0 Å². The fraction of sp³-hybridized carbons (Fsp3) is 0.214. The Bertz CT molecular complexity index is 1520. The van der Waals surface area contributed by atoms with Gasteiger partial charge in [0.2, 0.25) is 5.88 Å². The molecule has 1 amide bonds. The lowest BCUT2D eigenvalue weighted by Gasteiger charge is -2.18. The lowest BCUT2D eigenvalue weighted by molar-refractivity contribution is 0.0916. The number of aliphatic hydroxyl groups is 1. The summed E-state index contributed by atoms with van der Waals surface area (Å²) in [7, 11) is -3.34. The second kappa shape index (κ2) is 11.1. The summed E-state index contributed by atoms with van der Waals surface area (Å²) in [6.07, 6.45) is 0. The van der Waals surface area contributed by atoms with Gasteiger partial charge in [-0.15, -0.1) is 0 Å². The molecule has 0 aliphatic rings. The third-order valence-electron chi connectivity index (χ3n) is 5.98. The highest BCUT2D eigenvalue weighted by atomic mass is 32.2. The third kappa shape index (κ3) is 6.12. The Hall–Kier alpha value is -3.82. The number of pyridine rings is 1. The molecular weight excluding hydrogens is 495 g/mol. The van der Waals surface area contributed by atoms with Crippen molar-refractivity contribution >= 4 is 26.5 Å². The van der Waals surface area contributed by atoms with E-state index in [1.54, 1.807) is 49.4 Å². The number of ether oxygens (including phenoxy) is 1. The molecule has 2 N–H and O–H groups in total. The van der Waals surface area contributed by atoms with E-state index < -0.39 is 21.8 Å². The number of aliphatic hydroxyl groups excluding tert-OH is 1. The van der Waals surface area contributed by atoms with Gasteiger partial charge >= 0.3 is 0 Å². The number of aromatic nitrogens is 1. The Morgan fingerprint density at radius 3 is 2.41 bits per heavy atom. The number of halogens is 1. The van der Waals surface area contributed by atoms with Crippen LogP contribution in [0.4, 0.5) is 4.39 Å². The van der Waals surface area contributed by atoms with Gasteiger partial charge in [0.25, 0.3) is 5.91 Å². The zero-order chi connectivity index (χ0) is 26.6. The molecule has 1 heterocycles. The van der Waals surface area contributed by atoms with Crippen LogP contribution in [-0.2, 0) is 16.4 Å². The van der Waals surface area contributed by atoms with Gasteiger partial charge in [0.05, 0.1) is 23.3 Å². The lowest BCUT2D eigenvalue weighted by Crippen LogP contribution is -2.30. The Morgan fingerprint density at radius 2 is 1.76 bits per heavy atom. The quantitative estimate of drug-likeness (QED) is 0.335. The van der Waals surface area contributed by atoms with E-state index in [1.165, 1.54) is 24.3 Å². The molecule has 1 atom stereocenters. The summed E-state index contributed by atoms with van der Waals surface area (Å²) >= 11 is 0. The van der Waals surface area contributed by atoms with Crippen LogP contribution in [0.25, 0.3) is 10.8 Å². The smallest absolute Gasteiger partial charge is 0.251 e. The van der Waals surface area contributed by atoms with Crippen LogP contribution in [0.3, 0.4) is 0 Å². The molecule has 37 heavy (non-hydrogen) atoms. The van der Waals surface area contributed by atoms with Crippen LogP contribution in [0.1, 0.15) is 40.1 Å². The second-order valence-electron chi connectivity index (χ2n) is 8.60. The van der Waals surface area contributed by atoms with Crippen molar-refractivity contribution < 1.29 is 27.4 Å². The first kappa shape index (κ1) is 26.2. The van der Waals surface area contributed by atoms with E-state index in [1.807, 2.05) is 13.0 Å². The van der Waals surface area contributed by atoms with Gasteiger partial charge in [-0.25, -0.2) is 17.8 Å². The summed E-state index contributed by atoms with van der Waals surface area (Å²) in [6.45, 7) is 3.25. The molecule has 0 saturated carbocycles. The Kier molecular flexibility index (Phi) is 7.85. The van der Waals surface area contributed by atoms with E-state index in [0.717, 1.165) is 16.3 Å². The van der Waals surface area contributed by atoms with Crippen LogP contribution in [0.2, 0.25) is 0 Å². The van der Waals surface area contributed by atoms with E-state index in [0.29, 0.717) is 22.7 Å². The Balaban J connectivity index is 1.53. The minimum atomic E-state index is -3.34. The van der Waals surface area contributed by atoms with Gasteiger partial charge in [0.1, 0.15) is 12.4 Å². The maximum atomic E-state index is 13.2. The molecule has 192 valence electrons. The molecule has 1 aromatic heterocycles. The maximum Gasteiger partial charge on any atom is 0.251 e. The van der Waals surface area contributed by atoms with E-state index >= 15 is 0 Å². The standard InChI is InChI=1S/C28H27FN2O5S/c1-3-37(34,35)24-11-6-20(7-12-24)26(16-32)31-27(33)21-8-13-25-22(15-21)14-18(2)30-28(25)36-17-19-4-9-23(29)10-5-19/h4-15,26,32H,3,16-17H2,1-2H3,(H,31,33). The number of aryl methyl sites for hydroxylation is 1. The number of carbonyl (C=O) groups is 1. The molecule has 0 saturated heterocycles. The normalized spacial score (nSPS) is 12.3. The topological polar surface area (TPSA) is 106 Å². The average Bonchev–Trinajstić information content (AvgIpc) is 2.90. The van der Waals surface area contributed by atoms with Crippen LogP contribution < -0.4 is 10.1 Å². The number of nitrogens with zero attached hydrogens (tertiary/aromatic N) is 1. The third-order valence-corrected chi connectivity index (χ3v) is 7.74. The highest BCUT2D eigenvalue weighted by Crippen LogP contribution is 2.27. The largest absolute Gasteiger partial charge is 0.472 e. The van der Waals surface area contributed by atoms with Gasteiger partial charge in [0.15, 0.2) is 9.84 Å². The summed E-state index contributed by atoms with van der Waals surface area (Å²) in [6, 6.07) is 18.4. The molecule has 0 fully saturated rings. The molecule has 0 spiro atoms. The fourth-order valence-electron chi connectivity index (χ4n) is 3.89. The highest BCUT2D eigenvalue weighted by molar-refractivity contribution is 7.91. The van der Waals surface area contributed by atoms with Crippen molar-refractivity contribution in [2.24, 2.45) is 0 Å². The van der Waals surface area contributed by atoms with Crippen molar-refractivity contribution in [1.82, 2.24) is 10.3 Å². The van der Waals surface area contributed by atoms with E-state index in [9.17, 15) is 22.7 Å². The number of carbonyl (C=O) groups excluding carboxylic acids is 1. The van der Waals surface area contributed by atoms with Crippen LogP contribution in [0.15, 0.2) is 77.7 Å². The van der Waals surface area contributed by atoms with Crippen molar-refractivity contribution in [2.45, 2.75) is 31.4 Å². The summed E-state index contributed by atoms with van der Waals surface area (Å²) in [5.41, 5.74) is 2.47. The van der Waals surface area contributed by atoms with Crippen LogP contribution in [0.5, 0.6) is 5.88 Å². The number of rotatable bonds is 9. The number of sulfone groups is 1. The van der Waals surface area contributed by atoms with Crippen molar-refractivity contribution in [1.29, 1.82) is 0 Å². The van der Waals surface area contributed by atoms with Crippen molar-refractivity contribution in [3.63, 3.8) is 0 Å². The molecule has 3 aromatic carbocycles. The molecule has 9 heteroatoms. The van der Waals surface area contributed by atoms with Crippen LogP contribution >= 0.6 is 0 Å². The predicted molar refractivity (Wildman–Crippen MR) is 139 cm³/mol. The number of hydrogen-bond acceptors (Lipinski definition) is 6. The first-order valence-electron chi connectivity index (χ1n) is 11.7. The van der Waals surface area contributed by atoms with Gasteiger partial charge in [-0.1, -0.05) is 31.2 Å². The summed E-state index contributed by atoms with van der Waals surface area (Å²) in [5, 5.41) is 14.2. The number of nitrogens with one attached hydrogen (secondary N) is 1. The number of amides is 1. The zero-order valence-corrected chi connectivity index (χ0v) is 21.3. The monoisotopic (exact) mass is 522 g/mol. The van der Waals surface area contributed by atoms with E-state index in [2.05, 4.69) is 10.3 Å². The number of hydrogen-bond donors (Lipinski definition) is 2. The molecule has 4 rings (SSSR count). The average molecular weight is 523 g/mol. The summed E-state index contributed by atoms with van der Waals surface area (Å²) in [4.78, 5) is 17.7. The van der Waals surface area contributed by atoms with Crippen molar-refractivity contribution in [2.75, 3.05) is 12.4 Å². The van der Waals surface area contributed by atoms with Crippen LogP contribution in [-0.4, -0.2) is 36.8 Å². The molecule has 0 aliphatic heterocycles. The number of fused-ring (bicyclic) bond motifs is 1. The number of benzene rings is 3. The maximum absolute atomic E-state index is 13.2. The minimum Gasteiger partial charge on any atom is -0.472 e. The Labute approximate surface area is 214 Å². The van der Waals surface area contributed by atoms with Gasteiger partial charge in [0, 0.05) is 16.6 Å². The van der Waals surface area contributed by atoms with Gasteiger partial charge in [-0.05, 0) is 72.0 Å². The summed E-state index contributed by atoms with van der Waals surface area (Å²) in [5.74, 6) is -0.322. The molecule has 1 unspecified atom stereocenters. The zero-order valence-electron chi connectivity index (χ0n) is 20.4. The van der Waals surface area contributed by atoms with E-state index in [4.69, 9.17) is 4.74 Å². The predicted octanol–water partition coefficient (Wildman–Crippen LogP) is 4.52. The van der Waals surface area contributed by atoms with Gasteiger partial charge < -0.3 is 15.2 Å². The SMILES string of the molecule is CCS(=O)(=O)c1ccc(C(CO)NC(=O)c2ccc3c(OCc4ccc(F)cc4)nc(C)cc3c2)cc1. The molecular formula is C28H27FN2O5S. The Morgan fingerprint density at radius 1 is 1.05 bits per heavy atom.